The minimum Gasteiger partial charge on any atom is -0.314 e. The average molecular weight is 514 g/mol. The van der Waals surface area contributed by atoms with Gasteiger partial charge in [0.1, 0.15) is 5.82 Å². The standard InChI is InChI=1S/C24H24F6N4O2/c1-4-10-34(19(5-2)20-32-18-9-7-6-8-17(18)21(35)33(20)3)22(36)31-16-12-14(23(25,26)27)11-15(13-16)24(28,29)30/h6-9,11-13,19H,4-5,10H2,1-3H3,(H,31,36). The van der Waals surface area contributed by atoms with Gasteiger partial charge in [-0.1, -0.05) is 26.0 Å². The van der Waals surface area contributed by atoms with Crippen LogP contribution >= 0.6 is 0 Å². The molecule has 1 unspecified atom stereocenters. The van der Waals surface area contributed by atoms with Crippen LogP contribution in [-0.4, -0.2) is 27.0 Å². The smallest absolute Gasteiger partial charge is 0.314 e. The molecular weight excluding hydrogens is 490 g/mol. The van der Waals surface area contributed by atoms with Crippen LogP contribution < -0.4 is 10.9 Å². The molecule has 1 aromatic heterocycles. The number of carbonyl (C=O) groups excluding carboxylic acids is 1. The van der Waals surface area contributed by atoms with Crippen molar-refractivity contribution in [1.29, 1.82) is 0 Å². The second kappa shape index (κ2) is 10.2. The number of amides is 2. The molecule has 0 aliphatic heterocycles. The predicted octanol–water partition coefficient (Wildman–Crippen LogP) is 6.37. The van der Waals surface area contributed by atoms with Crippen LogP contribution in [0.1, 0.15) is 49.7 Å². The number of anilines is 1. The molecular formula is C24H24F6N4O2. The number of urea groups is 1. The molecule has 3 aromatic rings. The van der Waals surface area contributed by atoms with E-state index in [1.807, 2.05) is 0 Å². The molecule has 2 aromatic carbocycles. The molecule has 2 amide bonds. The van der Waals surface area contributed by atoms with E-state index in [2.05, 4.69) is 10.3 Å². The largest absolute Gasteiger partial charge is 0.416 e. The second-order valence-corrected chi connectivity index (χ2v) is 8.19. The lowest BCUT2D eigenvalue weighted by Crippen LogP contribution is -2.41. The zero-order valence-electron chi connectivity index (χ0n) is 19.7. The highest BCUT2D eigenvalue weighted by Gasteiger charge is 2.37. The van der Waals surface area contributed by atoms with E-state index in [4.69, 9.17) is 0 Å². The summed E-state index contributed by atoms with van der Waals surface area (Å²) in [6, 6.07) is 5.81. The number of para-hydroxylation sites is 1. The molecule has 0 bridgehead atoms. The van der Waals surface area contributed by atoms with Gasteiger partial charge in [0.15, 0.2) is 0 Å². The van der Waals surface area contributed by atoms with Crippen molar-refractivity contribution in [2.45, 2.75) is 45.1 Å². The molecule has 0 aliphatic rings. The minimum absolute atomic E-state index is 0.0108. The molecule has 1 atom stereocenters. The van der Waals surface area contributed by atoms with Crippen molar-refractivity contribution in [2.75, 3.05) is 11.9 Å². The Bertz CT molecular complexity index is 1280. The van der Waals surface area contributed by atoms with Crippen molar-refractivity contribution in [3.63, 3.8) is 0 Å². The van der Waals surface area contributed by atoms with Gasteiger partial charge >= 0.3 is 18.4 Å². The highest BCUT2D eigenvalue weighted by Crippen LogP contribution is 2.37. The first-order valence-corrected chi connectivity index (χ1v) is 11.1. The third kappa shape index (κ3) is 5.63. The third-order valence-corrected chi connectivity index (χ3v) is 5.64. The Morgan fingerprint density at radius 2 is 1.61 bits per heavy atom. The summed E-state index contributed by atoms with van der Waals surface area (Å²) in [5, 5.41) is 2.55. The van der Waals surface area contributed by atoms with E-state index in [0.29, 0.717) is 29.5 Å². The maximum absolute atomic E-state index is 13.2. The summed E-state index contributed by atoms with van der Waals surface area (Å²) in [4.78, 5) is 31.8. The number of nitrogens with zero attached hydrogens (tertiary/aromatic N) is 3. The van der Waals surface area contributed by atoms with Crippen LogP contribution in [-0.2, 0) is 19.4 Å². The van der Waals surface area contributed by atoms with Crippen molar-refractivity contribution in [3.8, 4) is 0 Å². The van der Waals surface area contributed by atoms with Crippen LogP contribution in [0.15, 0.2) is 47.3 Å². The van der Waals surface area contributed by atoms with Crippen molar-refractivity contribution in [1.82, 2.24) is 14.5 Å². The van der Waals surface area contributed by atoms with Crippen LogP contribution in [0.4, 0.5) is 36.8 Å². The number of aromatic nitrogens is 2. The molecule has 0 fully saturated rings. The lowest BCUT2D eigenvalue weighted by Gasteiger charge is -2.31. The van der Waals surface area contributed by atoms with Crippen molar-refractivity contribution in [3.05, 3.63) is 69.8 Å². The fourth-order valence-electron chi connectivity index (χ4n) is 3.94. The van der Waals surface area contributed by atoms with Crippen LogP contribution in [0.5, 0.6) is 0 Å². The van der Waals surface area contributed by atoms with E-state index >= 15 is 0 Å². The highest BCUT2D eigenvalue weighted by atomic mass is 19.4. The Morgan fingerprint density at radius 3 is 2.14 bits per heavy atom. The van der Waals surface area contributed by atoms with Crippen molar-refractivity contribution < 1.29 is 31.1 Å². The second-order valence-electron chi connectivity index (χ2n) is 8.19. The van der Waals surface area contributed by atoms with Crippen LogP contribution in [0.3, 0.4) is 0 Å². The lowest BCUT2D eigenvalue weighted by atomic mass is 10.1. The lowest BCUT2D eigenvalue weighted by molar-refractivity contribution is -0.143. The summed E-state index contributed by atoms with van der Waals surface area (Å²) in [6.07, 6.45) is -9.39. The van der Waals surface area contributed by atoms with Crippen LogP contribution in [0, 0.1) is 0 Å². The molecule has 36 heavy (non-hydrogen) atoms. The number of carbonyl (C=O) groups is 1. The van der Waals surface area contributed by atoms with Gasteiger partial charge in [0.05, 0.1) is 28.1 Å². The number of alkyl halides is 6. The molecule has 0 saturated heterocycles. The molecule has 1 N–H and O–H groups in total. The van der Waals surface area contributed by atoms with Gasteiger partial charge in [0, 0.05) is 19.3 Å². The van der Waals surface area contributed by atoms with Gasteiger partial charge < -0.3 is 10.2 Å². The van der Waals surface area contributed by atoms with E-state index in [1.165, 1.54) is 16.5 Å². The third-order valence-electron chi connectivity index (χ3n) is 5.64. The van der Waals surface area contributed by atoms with Gasteiger partial charge in [-0.3, -0.25) is 9.36 Å². The van der Waals surface area contributed by atoms with Crippen LogP contribution in [0.2, 0.25) is 0 Å². The van der Waals surface area contributed by atoms with E-state index < -0.39 is 41.2 Å². The van der Waals surface area contributed by atoms with Crippen molar-refractivity contribution >= 4 is 22.6 Å². The first kappa shape index (κ1) is 27.0. The molecule has 1 heterocycles. The SMILES string of the molecule is CCCN(C(=O)Nc1cc(C(F)(F)F)cc(C(F)(F)F)c1)C(CC)c1nc2ccccc2c(=O)n1C. The fraction of sp³-hybridized carbons (Fsp3) is 0.375. The number of hydrogen-bond acceptors (Lipinski definition) is 3. The first-order chi connectivity index (χ1) is 16.8. The normalized spacial score (nSPS) is 13.0. The Hall–Kier alpha value is -3.57. The van der Waals surface area contributed by atoms with Gasteiger partial charge in [0.25, 0.3) is 5.56 Å². The quantitative estimate of drug-likeness (QED) is 0.389. The first-order valence-electron chi connectivity index (χ1n) is 11.1. The maximum atomic E-state index is 13.2. The number of halogens is 6. The predicted molar refractivity (Wildman–Crippen MR) is 122 cm³/mol. The summed E-state index contributed by atoms with van der Waals surface area (Å²) in [7, 11) is 1.49. The molecule has 3 rings (SSSR count). The summed E-state index contributed by atoms with van der Waals surface area (Å²) >= 11 is 0. The van der Waals surface area contributed by atoms with Gasteiger partial charge in [-0.25, -0.2) is 9.78 Å². The monoisotopic (exact) mass is 514 g/mol. The molecule has 12 heteroatoms. The Balaban J connectivity index is 2.04. The number of nitrogens with one attached hydrogen (secondary N) is 1. The zero-order chi connectivity index (χ0) is 26.8. The van der Waals surface area contributed by atoms with Gasteiger partial charge in [-0.15, -0.1) is 0 Å². The van der Waals surface area contributed by atoms with E-state index in [0.717, 1.165) is 0 Å². The fourth-order valence-corrected chi connectivity index (χ4v) is 3.94. The van der Waals surface area contributed by atoms with Gasteiger partial charge in [-0.05, 0) is 43.2 Å². The van der Waals surface area contributed by atoms with Crippen LogP contribution in [0.25, 0.3) is 10.9 Å². The number of hydrogen-bond donors (Lipinski definition) is 1. The topological polar surface area (TPSA) is 67.2 Å². The molecule has 0 spiro atoms. The average Bonchev–Trinajstić information content (AvgIpc) is 2.80. The highest BCUT2D eigenvalue weighted by molar-refractivity contribution is 5.90. The number of benzene rings is 2. The molecule has 0 saturated carbocycles. The molecule has 0 aliphatic carbocycles. The Kier molecular flexibility index (Phi) is 7.65. The number of rotatable bonds is 6. The summed E-state index contributed by atoms with van der Waals surface area (Å²) < 4.78 is 80.7. The van der Waals surface area contributed by atoms with E-state index in [-0.39, 0.29) is 30.4 Å². The molecule has 194 valence electrons. The zero-order valence-corrected chi connectivity index (χ0v) is 19.7. The summed E-state index contributed by atoms with van der Waals surface area (Å²) in [6.45, 7) is 3.60. The van der Waals surface area contributed by atoms with Crippen molar-refractivity contribution in [2.24, 2.45) is 7.05 Å². The Morgan fingerprint density at radius 1 is 1.03 bits per heavy atom. The molecule has 6 nitrogen and oxygen atoms in total. The van der Waals surface area contributed by atoms with E-state index in [9.17, 15) is 35.9 Å². The van der Waals surface area contributed by atoms with Gasteiger partial charge in [0.2, 0.25) is 0 Å². The molecule has 0 radical (unpaired) electrons. The summed E-state index contributed by atoms with van der Waals surface area (Å²) in [5.74, 6) is 0.241. The maximum Gasteiger partial charge on any atom is 0.416 e. The summed E-state index contributed by atoms with van der Waals surface area (Å²) in [5.41, 5.74) is -3.68. The number of fused-ring (bicyclic) bond motifs is 1. The minimum atomic E-state index is -5.05. The van der Waals surface area contributed by atoms with E-state index in [1.54, 1.807) is 38.1 Å². The van der Waals surface area contributed by atoms with Gasteiger partial charge in [-0.2, -0.15) is 26.3 Å². The Labute approximate surface area is 202 Å².